The van der Waals surface area contributed by atoms with Crippen LogP contribution in [0.3, 0.4) is 0 Å². The van der Waals surface area contributed by atoms with Crippen LogP contribution in [0.4, 0.5) is 11.4 Å². The van der Waals surface area contributed by atoms with Gasteiger partial charge in [0.15, 0.2) is 4.80 Å². The number of fused-ring (bicyclic) bond motifs is 1. The molecule has 4 aromatic rings. The normalized spacial score (nSPS) is 14.6. The molecule has 0 spiro atoms. The summed E-state index contributed by atoms with van der Waals surface area (Å²) in [7, 11) is 3.24. The van der Waals surface area contributed by atoms with Crippen LogP contribution in [0.15, 0.2) is 81.7 Å². The third-order valence-corrected chi connectivity index (χ3v) is 8.94. The second-order valence-corrected chi connectivity index (χ2v) is 11.7. The standard InChI is InChI=1S/C35H38N4O4S/c1-8-38(9-2)26-14-11-25(29(20-26)43-7)19-30-34(41)39-32(24-12-15-27(42-6)16-13-24)31(23(5)36-35(39)44-30)33(40)37-28-17-10-21(3)18-22(28)4/h10-20,32H,8-9H2,1-7H3,(H,37,40)/b30-19+/t32-/m1/s1. The highest BCUT2D eigenvalue weighted by molar-refractivity contribution is 7.07. The summed E-state index contributed by atoms with van der Waals surface area (Å²) < 4.78 is 13.2. The fourth-order valence-corrected chi connectivity index (χ4v) is 6.64. The number of rotatable bonds is 9. The molecule has 1 aliphatic rings. The molecular weight excluding hydrogens is 572 g/mol. The van der Waals surface area contributed by atoms with Gasteiger partial charge in [0.1, 0.15) is 11.5 Å². The third-order valence-electron chi connectivity index (χ3n) is 7.96. The predicted octanol–water partition coefficient (Wildman–Crippen LogP) is 5.35. The van der Waals surface area contributed by atoms with Crippen molar-refractivity contribution in [3.8, 4) is 11.5 Å². The Labute approximate surface area is 261 Å². The predicted molar refractivity (Wildman–Crippen MR) is 178 cm³/mol. The van der Waals surface area contributed by atoms with Crippen LogP contribution in [0.2, 0.25) is 0 Å². The van der Waals surface area contributed by atoms with Crippen LogP contribution in [0.5, 0.6) is 11.5 Å². The second kappa shape index (κ2) is 12.9. The highest BCUT2D eigenvalue weighted by atomic mass is 32.1. The summed E-state index contributed by atoms with van der Waals surface area (Å²) in [5, 5.41) is 3.07. The number of amides is 1. The molecule has 9 heteroatoms. The Morgan fingerprint density at radius 2 is 1.73 bits per heavy atom. The number of nitrogens with zero attached hydrogens (tertiary/aromatic N) is 3. The first kappa shape index (κ1) is 30.8. The molecule has 3 aromatic carbocycles. The van der Waals surface area contributed by atoms with E-state index in [9.17, 15) is 9.59 Å². The van der Waals surface area contributed by atoms with E-state index in [2.05, 4.69) is 24.1 Å². The van der Waals surface area contributed by atoms with Gasteiger partial charge in [0.25, 0.3) is 11.5 Å². The second-order valence-electron chi connectivity index (χ2n) is 10.7. The first-order valence-corrected chi connectivity index (χ1v) is 15.5. The summed E-state index contributed by atoms with van der Waals surface area (Å²) in [6.45, 7) is 11.8. The molecule has 0 unspecified atom stereocenters. The summed E-state index contributed by atoms with van der Waals surface area (Å²) in [5.41, 5.74) is 6.14. The highest BCUT2D eigenvalue weighted by Gasteiger charge is 2.32. The highest BCUT2D eigenvalue weighted by Crippen LogP contribution is 2.32. The molecule has 44 heavy (non-hydrogen) atoms. The zero-order chi connectivity index (χ0) is 31.5. The molecule has 0 aliphatic carbocycles. The van der Waals surface area contributed by atoms with E-state index in [0.717, 1.165) is 41.0 Å². The maximum absolute atomic E-state index is 14.2. The molecule has 1 N–H and O–H groups in total. The number of carbonyl (C=O) groups excluding carboxylic acids is 1. The van der Waals surface area contributed by atoms with E-state index < -0.39 is 6.04 Å². The van der Waals surface area contributed by atoms with Crippen LogP contribution in [0.25, 0.3) is 6.08 Å². The minimum Gasteiger partial charge on any atom is -0.497 e. The zero-order valence-corrected chi connectivity index (χ0v) is 27.0. The number of thiazole rings is 1. The van der Waals surface area contributed by atoms with Crippen molar-refractivity contribution in [3.05, 3.63) is 114 Å². The summed E-state index contributed by atoms with van der Waals surface area (Å²) >= 11 is 1.30. The average Bonchev–Trinajstić information content (AvgIpc) is 3.32. The number of aryl methyl sites for hydroxylation is 2. The average molecular weight is 611 g/mol. The van der Waals surface area contributed by atoms with Gasteiger partial charge in [-0.25, -0.2) is 4.99 Å². The SMILES string of the molecule is CCN(CC)c1ccc(/C=c2/sc3n(c2=O)[C@H](c2ccc(OC)cc2)C(C(=O)Nc2ccc(C)cc2C)=C(C)N=3)c(OC)c1. The topological polar surface area (TPSA) is 85.2 Å². The Morgan fingerprint density at radius 3 is 2.36 bits per heavy atom. The first-order chi connectivity index (χ1) is 21.2. The number of aromatic nitrogens is 1. The number of nitrogens with one attached hydrogen (secondary N) is 1. The number of ether oxygens (including phenoxy) is 2. The molecule has 1 aromatic heterocycles. The number of anilines is 2. The van der Waals surface area contributed by atoms with Gasteiger partial charge in [0, 0.05) is 36.1 Å². The molecule has 0 fully saturated rings. The lowest BCUT2D eigenvalue weighted by Crippen LogP contribution is -2.40. The summed E-state index contributed by atoms with van der Waals surface area (Å²) in [6, 6.07) is 18.7. The molecule has 0 saturated carbocycles. The fraction of sp³-hybridized carbons (Fsp3) is 0.286. The first-order valence-electron chi connectivity index (χ1n) is 14.7. The third kappa shape index (κ3) is 5.92. The summed E-state index contributed by atoms with van der Waals surface area (Å²) in [4.78, 5) is 35.7. The van der Waals surface area contributed by atoms with Crippen LogP contribution in [-0.4, -0.2) is 37.8 Å². The number of carbonyl (C=O) groups is 1. The molecule has 8 nitrogen and oxygen atoms in total. The molecule has 5 rings (SSSR count). The number of methoxy groups -OCH3 is 2. The maximum atomic E-state index is 14.2. The Kier molecular flexibility index (Phi) is 9.06. The Balaban J connectivity index is 1.64. The van der Waals surface area contributed by atoms with Crippen LogP contribution in [0.1, 0.15) is 49.1 Å². The van der Waals surface area contributed by atoms with E-state index in [1.165, 1.54) is 11.3 Å². The number of allylic oxidation sites excluding steroid dienone is 1. The Hall–Kier alpha value is -4.63. The lowest BCUT2D eigenvalue weighted by atomic mass is 9.95. The smallest absolute Gasteiger partial charge is 0.271 e. The van der Waals surface area contributed by atoms with Crippen LogP contribution >= 0.6 is 11.3 Å². The van der Waals surface area contributed by atoms with Crippen molar-refractivity contribution in [2.75, 3.05) is 37.5 Å². The van der Waals surface area contributed by atoms with E-state index in [4.69, 9.17) is 14.5 Å². The number of hydrogen-bond donors (Lipinski definition) is 1. The summed E-state index contributed by atoms with van der Waals surface area (Å²) in [6.07, 6.45) is 1.84. The van der Waals surface area contributed by atoms with Crippen LogP contribution in [0, 0.1) is 13.8 Å². The van der Waals surface area contributed by atoms with Crippen molar-refractivity contribution in [2.45, 2.75) is 40.7 Å². The fourth-order valence-electron chi connectivity index (χ4n) is 5.60. The van der Waals surface area contributed by atoms with Gasteiger partial charge in [-0.05, 0) is 82.2 Å². The van der Waals surface area contributed by atoms with Crippen molar-refractivity contribution < 1.29 is 14.3 Å². The Bertz CT molecular complexity index is 1920. The van der Waals surface area contributed by atoms with E-state index in [-0.39, 0.29) is 11.5 Å². The summed E-state index contributed by atoms with van der Waals surface area (Å²) in [5.74, 6) is 1.06. The van der Waals surface area contributed by atoms with E-state index >= 15 is 0 Å². The lowest BCUT2D eigenvalue weighted by Gasteiger charge is -2.25. The monoisotopic (exact) mass is 610 g/mol. The zero-order valence-electron chi connectivity index (χ0n) is 26.2. The maximum Gasteiger partial charge on any atom is 0.271 e. The van der Waals surface area contributed by atoms with Gasteiger partial charge in [0.05, 0.1) is 36.1 Å². The van der Waals surface area contributed by atoms with Gasteiger partial charge >= 0.3 is 0 Å². The van der Waals surface area contributed by atoms with Crippen LogP contribution in [-0.2, 0) is 4.79 Å². The van der Waals surface area contributed by atoms with Crippen LogP contribution < -0.4 is 34.6 Å². The van der Waals surface area contributed by atoms with Crippen molar-refractivity contribution in [1.29, 1.82) is 0 Å². The van der Waals surface area contributed by atoms with Gasteiger partial charge in [-0.3, -0.25) is 14.2 Å². The number of hydrogen-bond acceptors (Lipinski definition) is 7. The lowest BCUT2D eigenvalue weighted by molar-refractivity contribution is -0.113. The molecule has 228 valence electrons. The molecule has 0 bridgehead atoms. The minimum atomic E-state index is -0.683. The molecule has 1 amide bonds. The molecule has 1 atom stereocenters. The van der Waals surface area contributed by atoms with Crippen molar-refractivity contribution in [3.63, 3.8) is 0 Å². The van der Waals surface area contributed by atoms with E-state index in [1.54, 1.807) is 18.8 Å². The molecule has 0 radical (unpaired) electrons. The van der Waals surface area contributed by atoms with E-state index in [0.29, 0.717) is 37.8 Å². The minimum absolute atomic E-state index is 0.228. The van der Waals surface area contributed by atoms with Gasteiger partial charge in [-0.1, -0.05) is 41.2 Å². The largest absolute Gasteiger partial charge is 0.497 e. The molecule has 1 aliphatic heterocycles. The molecule has 2 heterocycles. The molecule has 0 saturated heterocycles. The van der Waals surface area contributed by atoms with Crippen molar-refractivity contribution >= 4 is 34.7 Å². The van der Waals surface area contributed by atoms with Crippen molar-refractivity contribution in [1.82, 2.24) is 4.57 Å². The van der Waals surface area contributed by atoms with Gasteiger partial charge in [0.2, 0.25) is 0 Å². The quantitative estimate of drug-likeness (QED) is 0.276. The molecular formula is C35H38N4O4S. The Morgan fingerprint density at radius 1 is 1.00 bits per heavy atom. The van der Waals surface area contributed by atoms with Gasteiger partial charge in [-0.2, -0.15) is 0 Å². The van der Waals surface area contributed by atoms with E-state index in [1.807, 2.05) is 87.5 Å². The number of benzene rings is 3. The van der Waals surface area contributed by atoms with Gasteiger partial charge in [-0.15, -0.1) is 0 Å². The van der Waals surface area contributed by atoms with Crippen molar-refractivity contribution in [2.24, 2.45) is 4.99 Å². The van der Waals surface area contributed by atoms with Gasteiger partial charge < -0.3 is 19.7 Å².